The number of fused-ring (bicyclic) bond motifs is 5. The summed E-state index contributed by atoms with van der Waals surface area (Å²) >= 11 is 1.51. The van der Waals surface area contributed by atoms with Gasteiger partial charge in [-0.15, -0.1) is 11.3 Å². The number of ether oxygens (including phenoxy) is 1. The maximum absolute atomic E-state index is 12.5. The number of ketones is 1. The number of likely N-dealkylation sites (tertiary alicyclic amines) is 1. The Kier molecular flexibility index (Phi) is 4.06. The molecule has 6 nitrogen and oxygen atoms in total. The molecule has 2 amide bonds. The number of allylic oxidation sites excluding steroid dienone is 2. The van der Waals surface area contributed by atoms with Crippen LogP contribution in [-0.2, 0) is 19.1 Å². The summed E-state index contributed by atoms with van der Waals surface area (Å²) < 4.78 is 5.03. The number of hydrogen-bond acceptors (Lipinski definition) is 6. The van der Waals surface area contributed by atoms with Gasteiger partial charge in [0.1, 0.15) is 6.54 Å². The predicted octanol–water partition coefficient (Wildman–Crippen LogP) is 1.90. The molecule has 2 heterocycles. The second-order valence-corrected chi connectivity index (χ2v) is 8.63. The standard InChI is InChI=1S/C19H19NO5S/c1-9-5-13(10(2)26-9)14(21)8-25-15(22)7-20-18(23)16-11-3-4-12(6-11)17(16)19(20)24/h3-5,11-12,16-17H,6-8H2,1-2H3/t11-,12-,16-,17+/m0/s1. The van der Waals surface area contributed by atoms with Crippen LogP contribution in [0, 0.1) is 37.5 Å². The quantitative estimate of drug-likeness (QED) is 0.341. The van der Waals surface area contributed by atoms with Gasteiger partial charge in [0.25, 0.3) is 0 Å². The van der Waals surface area contributed by atoms with E-state index in [0.29, 0.717) is 5.56 Å². The largest absolute Gasteiger partial charge is 0.456 e. The molecule has 1 saturated carbocycles. The highest BCUT2D eigenvalue weighted by molar-refractivity contribution is 7.12. The molecule has 0 radical (unpaired) electrons. The van der Waals surface area contributed by atoms with Gasteiger partial charge in [-0.1, -0.05) is 12.2 Å². The molecule has 1 aromatic heterocycles. The molecule has 2 fully saturated rings. The Morgan fingerprint density at radius 1 is 1.15 bits per heavy atom. The molecule has 7 heteroatoms. The summed E-state index contributed by atoms with van der Waals surface area (Å²) in [5.74, 6) is -2.04. The molecule has 136 valence electrons. The minimum atomic E-state index is -0.732. The molecule has 1 aromatic rings. The average Bonchev–Trinajstić information content (AvgIpc) is 3.33. The summed E-state index contributed by atoms with van der Waals surface area (Å²) in [6.45, 7) is 2.95. The van der Waals surface area contributed by atoms with E-state index in [9.17, 15) is 19.2 Å². The Morgan fingerprint density at radius 3 is 2.31 bits per heavy atom. The lowest BCUT2D eigenvalue weighted by Crippen LogP contribution is -2.38. The first-order valence-electron chi connectivity index (χ1n) is 8.66. The Labute approximate surface area is 154 Å². The van der Waals surface area contributed by atoms with Crippen LogP contribution in [0.15, 0.2) is 18.2 Å². The van der Waals surface area contributed by atoms with Crippen molar-refractivity contribution in [1.29, 1.82) is 0 Å². The van der Waals surface area contributed by atoms with E-state index >= 15 is 0 Å². The number of hydrogen-bond donors (Lipinski definition) is 0. The normalized spacial score (nSPS) is 28.8. The zero-order valence-corrected chi connectivity index (χ0v) is 15.4. The fourth-order valence-corrected chi connectivity index (χ4v) is 5.37. The van der Waals surface area contributed by atoms with E-state index in [2.05, 4.69) is 0 Å². The first-order chi connectivity index (χ1) is 12.4. The molecule has 2 bridgehead atoms. The average molecular weight is 373 g/mol. The third kappa shape index (κ3) is 2.61. The van der Waals surface area contributed by atoms with Crippen LogP contribution >= 0.6 is 11.3 Å². The van der Waals surface area contributed by atoms with Gasteiger partial charge in [-0.2, -0.15) is 0 Å². The highest BCUT2D eigenvalue weighted by atomic mass is 32.1. The summed E-state index contributed by atoms with van der Waals surface area (Å²) in [5.41, 5.74) is 0.547. The lowest BCUT2D eigenvalue weighted by atomic mass is 9.85. The topological polar surface area (TPSA) is 80.8 Å². The second kappa shape index (κ2) is 6.16. The van der Waals surface area contributed by atoms with Crippen molar-refractivity contribution in [3.63, 3.8) is 0 Å². The molecule has 1 aliphatic heterocycles. The van der Waals surface area contributed by atoms with Crippen LogP contribution in [0.4, 0.5) is 0 Å². The molecule has 4 atom stereocenters. The number of carbonyl (C=O) groups excluding carboxylic acids is 4. The van der Waals surface area contributed by atoms with Crippen molar-refractivity contribution in [2.75, 3.05) is 13.2 Å². The van der Waals surface area contributed by atoms with Crippen molar-refractivity contribution in [1.82, 2.24) is 4.90 Å². The van der Waals surface area contributed by atoms with Crippen molar-refractivity contribution in [3.05, 3.63) is 33.5 Å². The summed E-state index contributed by atoms with van der Waals surface area (Å²) in [7, 11) is 0. The highest BCUT2D eigenvalue weighted by Gasteiger charge is 2.59. The molecule has 26 heavy (non-hydrogen) atoms. The van der Waals surface area contributed by atoms with Crippen molar-refractivity contribution in [3.8, 4) is 0 Å². The molecule has 0 spiro atoms. The minimum absolute atomic E-state index is 0.105. The van der Waals surface area contributed by atoms with E-state index < -0.39 is 12.5 Å². The van der Waals surface area contributed by atoms with Gasteiger partial charge in [-0.05, 0) is 38.2 Å². The van der Waals surface area contributed by atoms with Gasteiger partial charge < -0.3 is 4.74 Å². The monoisotopic (exact) mass is 373 g/mol. The van der Waals surface area contributed by atoms with E-state index in [1.54, 1.807) is 6.07 Å². The summed E-state index contributed by atoms with van der Waals surface area (Å²) in [5, 5.41) is 0. The third-order valence-electron chi connectivity index (χ3n) is 5.55. The van der Waals surface area contributed by atoms with Gasteiger partial charge in [0.2, 0.25) is 17.6 Å². The zero-order chi connectivity index (χ0) is 18.6. The van der Waals surface area contributed by atoms with Crippen LogP contribution < -0.4 is 0 Å². The third-order valence-corrected chi connectivity index (χ3v) is 6.52. The minimum Gasteiger partial charge on any atom is -0.456 e. The molecular weight excluding hydrogens is 354 g/mol. The first-order valence-corrected chi connectivity index (χ1v) is 9.48. The van der Waals surface area contributed by atoms with Gasteiger partial charge in [0.05, 0.1) is 11.8 Å². The van der Waals surface area contributed by atoms with E-state index in [-0.39, 0.29) is 47.9 Å². The van der Waals surface area contributed by atoms with Gasteiger partial charge in [0, 0.05) is 15.3 Å². The number of esters is 1. The fraction of sp³-hybridized carbons (Fsp3) is 0.474. The van der Waals surface area contributed by atoms with Gasteiger partial charge in [0.15, 0.2) is 6.61 Å². The summed E-state index contributed by atoms with van der Waals surface area (Å²) in [6, 6.07) is 1.77. The molecular formula is C19H19NO5S. The number of carbonyl (C=O) groups is 4. The number of thiophene rings is 1. The smallest absolute Gasteiger partial charge is 0.326 e. The van der Waals surface area contributed by atoms with E-state index in [1.165, 1.54) is 11.3 Å². The van der Waals surface area contributed by atoms with Crippen LogP contribution in [-0.4, -0.2) is 41.6 Å². The molecule has 0 aromatic carbocycles. The first kappa shape index (κ1) is 17.1. The van der Waals surface area contributed by atoms with E-state index in [0.717, 1.165) is 21.1 Å². The van der Waals surface area contributed by atoms with Crippen molar-refractivity contribution in [2.45, 2.75) is 20.3 Å². The Balaban J connectivity index is 1.36. The van der Waals surface area contributed by atoms with Crippen LogP contribution in [0.3, 0.4) is 0 Å². The van der Waals surface area contributed by atoms with Crippen LogP contribution in [0.2, 0.25) is 0 Å². The van der Waals surface area contributed by atoms with Gasteiger partial charge in [-0.3, -0.25) is 24.1 Å². The van der Waals surface area contributed by atoms with Gasteiger partial charge >= 0.3 is 5.97 Å². The number of amides is 2. The van der Waals surface area contributed by atoms with Crippen LogP contribution in [0.25, 0.3) is 0 Å². The second-order valence-electron chi connectivity index (χ2n) is 7.17. The Bertz CT molecular complexity index is 824. The number of rotatable bonds is 5. The predicted molar refractivity (Wildman–Crippen MR) is 93.5 cm³/mol. The molecule has 1 saturated heterocycles. The number of aryl methyl sites for hydroxylation is 2. The number of Topliss-reactive ketones (excluding diaryl/α,β-unsaturated/α-hetero) is 1. The summed E-state index contributed by atoms with van der Waals surface area (Å²) in [6.07, 6.45) is 4.85. The molecule has 4 rings (SSSR count). The van der Waals surface area contributed by atoms with Crippen LogP contribution in [0.1, 0.15) is 26.5 Å². The van der Waals surface area contributed by atoms with Gasteiger partial charge in [-0.25, -0.2) is 0 Å². The lowest BCUT2D eigenvalue weighted by molar-refractivity contribution is -0.152. The maximum atomic E-state index is 12.5. The molecule has 2 aliphatic carbocycles. The Morgan fingerprint density at radius 2 is 1.77 bits per heavy atom. The SMILES string of the molecule is Cc1cc(C(=O)COC(=O)CN2C(=O)[C@@H]3[C@H](C2=O)[C@H]2C=C[C@H]3C2)c(C)s1. The van der Waals surface area contributed by atoms with Crippen LogP contribution in [0.5, 0.6) is 0 Å². The van der Waals surface area contributed by atoms with Crippen molar-refractivity contribution >= 4 is 34.9 Å². The molecule has 0 unspecified atom stereocenters. The highest BCUT2D eigenvalue weighted by Crippen LogP contribution is 2.52. The Hall–Kier alpha value is -2.28. The van der Waals surface area contributed by atoms with Crippen molar-refractivity contribution in [2.24, 2.45) is 23.7 Å². The van der Waals surface area contributed by atoms with E-state index in [1.807, 2.05) is 26.0 Å². The van der Waals surface area contributed by atoms with Crippen molar-refractivity contribution < 1.29 is 23.9 Å². The lowest BCUT2D eigenvalue weighted by Gasteiger charge is -2.16. The number of imide groups is 1. The maximum Gasteiger partial charge on any atom is 0.326 e. The molecule has 3 aliphatic rings. The molecule has 0 N–H and O–H groups in total. The number of nitrogens with zero attached hydrogens (tertiary/aromatic N) is 1. The zero-order valence-electron chi connectivity index (χ0n) is 14.6. The van der Waals surface area contributed by atoms with E-state index in [4.69, 9.17) is 4.74 Å². The fourth-order valence-electron chi connectivity index (χ4n) is 4.43. The summed E-state index contributed by atoms with van der Waals surface area (Å²) in [4.78, 5) is 52.2.